The lowest BCUT2D eigenvalue weighted by molar-refractivity contribution is 0.103. The highest BCUT2D eigenvalue weighted by atomic mass is 32.2. The lowest BCUT2D eigenvalue weighted by Gasteiger charge is -2.16. The standard InChI is InChI=1S/C12H16N2O5S/c1-7-3-8(2)11(10(4-7)20(13,16)17)18-6-9-5-14-12(15)19-9/h3-4,9H,5-6H2,1-2H3,(H,14,15)(H2,13,16,17). The van der Waals surface area contributed by atoms with Crippen LogP contribution in [0.3, 0.4) is 0 Å². The molecule has 0 saturated carbocycles. The molecule has 1 atom stereocenters. The van der Waals surface area contributed by atoms with Crippen LogP contribution in [0.4, 0.5) is 4.79 Å². The topological polar surface area (TPSA) is 108 Å². The van der Waals surface area contributed by atoms with Gasteiger partial charge >= 0.3 is 6.09 Å². The molecular formula is C12H16N2O5S. The van der Waals surface area contributed by atoms with Crippen molar-refractivity contribution in [3.8, 4) is 5.75 Å². The fourth-order valence-electron chi connectivity index (χ4n) is 2.01. The van der Waals surface area contributed by atoms with Crippen LogP contribution in [0, 0.1) is 13.8 Å². The molecule has 3 N–H and O–H groups in total. The molecule has 0 radical (unpaired) electrons. The normalized spacial score (nSPS) is 18.6. The van der Waals surface area contributed by atoms with Crippen molar-refractivity contribution < 1.29 is 22.7 Å². The zero-order chi connectivity index (χ0) is 14.9. The van der Waals surface area contributed by atoms with E-state index in [2.05, 4.69) is 5.32 Å². The van der Waals surface area contributed by atoms with Crippen LogP contribution in [0.15, 0.2) is 17.0 Å². The Morgan fingerprint density at radius 2 is 2.15 bits per heavy atom. The van der Waals surface area contributed by atoms with Crippen LogP contribution in [0.5, 0.6) is 5.75 Å². The molecule has 1 aliphatic rings. The first-order valence-electron chi connectivity index (χ1n) is 5.98. The molecule has 1 heterocycles. The molecule has 20 heavy (non-hydrogen) atoms. The van der Waals surface area contributed by atoms with Crippen LogP contribution in [-0.4, -0.2) is 33.8 Å². The van der Waals surface area contributed by atoms with Gasteiger partial charge in [-0.2, -0.15) is 0 Å². The van der Waals surface area contributed by atoms with Gasteiger partial charge in [0.05, 0.1) is 6.54 Å². The number of nitrogens with one attached hydrogen (secondary N) is 1. The second-order valence-corrected chi connectivity index (χ2v) is 6.20. The molecule has 2 rings (SSSR count). The molecule has 1 unspecified atom stereocenters. The van der Waals surface area contributed by atoms with E-state index in [0.717, 1.165) is 5.56 Å². The first kappa shape index (κ1) is 14.6. The molecule has 0 aromatic heterocycles. The van der Waals surface area contributed by atoms with Crippen LogP contribution in [0.1, 0.15) is 11.1 Å². The van der Waals surface area contributed by atoms with Gasteiger partial charge in [-0.3, -0.25) is 0 Å². The van der Waals surface area contributed by atoms with E-state index in [1.165, 1.54) is 6.07 Å². The number of carbonyl (C=O) groups excluding carboxylic acids is 1. The molecule has 1 fully saturated rings. The highest BCUT2D eigenvalue weighted by Gasteiger charge is 2.25. The minimum Gasteiger partial charge on any atom is -0.488 e. The van der Waals surface area contributed by atoms with Crippen molar-refractivity contribution in [2.24, 2.45) is 5.14 Å². The SMILES string of the molecule is Cc1cc(C)c(OCC2CNC(=O)O2)c(S(N)(=O)=O)c1. The molecule has 1 saturated heterocycles. The molecule has 1 aromatic rings. The maximum absolute atomic E-state index is 11.6. The smallest absolute Gasteiger partial charge is 0.407 e. The summed E-state index contributed by atoms with van der Waals surface area (Å²) in [7, 11) is -3.88. The van der Waals surface area contributed by atoms with E-state index >= 15 is 0 Å². The Balaban J connectivity index is 2.24. The van der Waals surface area contributed by atoms with Crippen molar-refractivity contribution in [2.75, 3.05) is 13.2 Å². The zero-order valence-electron chi connectivity index (χ0n) is 11.2. The Morgan fingerprint density at radius 1 is 1.45 bits per heavy atom. The van der Waals surface area contributed by atoms with Gasteiger partial charge in [-0.1, -0.05) is 6.07 Å². The van der Waals surface area contributed by atoms with Crippen LogP contribution >= 0.6 is 0 Å². The van der Waals surface area contributed by atoms with E-state index in [4.69, 9.17) is 14.6 Å². The lowest BCUT2D eigenvalue weighted by atomic mass is 10.1. The number of carbonyl (C=O) groups is 1. The average Bonchev–Trinajstić information content (AvgIpc) is 2.72. The van der Waals surface area contributed by atoms with Crippen LogP contribution in [0.25, 0.3) is 0 Å². The fraction of sp³-hybridized carbons (Fsp3) is 0.417. The molecule has 7 nitrogen and oxygen atoms in total. The van der Waals surface area contributed by atoms with Gasteiger partial charge < -0.3 is 14.8 Å². The van der Waals surface area contributed by atoms with Crippen molar-refractivity contribution in [1.29, 1.82) is 0 Å². The first-order chi connectivity index (χ1) is 9.27. The van der Waals surface area contributed by atoms with Gasteiger partial charge in [0.15, 0.2) is 6.10 Å². The molecular weight excluding hydrogens is 284 g/mol. The molecule has 0 spiro atoms. The molecule has 0 bridgehead atoms. The Labute approximate surface area is 117 Å². The van der Waals surface area contributed by atoms with Crippen molar-refractivity contribution >= 4 is 16.1 Å². The summed E-state index contributed by atoms with van der Waals surface area (Å²) in [5.74, 6) is 0.195. The minimum atomic E-state index is -3.88. The summed E-state index contributed by atoms with van der Waals surface area (Å²) in [5, 5.41) is 7.69. The van der Waals surface area contributed by atoms with Crippen LogP contribution in [-0.2, 0) is 14.8 Å². The number of ether oxygens (including phenoxy) is 2. The molecule has 1 aromatic carbocycles. The maximum atomic E-state index is 11.6. The van der Waals surface area contributed by atoms with Crippen molar-refractivity contribution in [2.45, 2.75) is 24.8 Å². The van der Waals surface area contributed by atoms with Crippen molar-refractivity contribution in [3.63, 3.8) is 0 Å². The largest absolute Gasteiger partial charge is 0.488 e. The monoisotopic (exact) mass is 300 g/mol. The summed E-state index contributed by atoms with van der Waals surface area (Å²) in [4.78, 5) is 10.8. The Hall–Kier alpha value is -1.80. The third kappa shape index (κ3) is 3.20. The summed E-state index contributed by atoms with van der Waals surface area (Å²) in [6.45, 7) is 3.89. The average molecular weight is 300 g/mol. The summed E-state index contributed by atoms with van der Waals surface area (Å²) in [6.07, 6.45) is -0.956. The van der Waals surface area contributed by atoms with E-state index in [-0.39, 0.29) is 17.3 Å². The number of hydrogen-bond donors (Lipinski definition) is 2. The predicted molar refractivity (Wildman–Crippen MR) is 71.1 cm³/mol. The van der Waals surface area contributed by atoms with Gasteiger partial charge in [0.2, 0.25) is 10.0 Å². The van der Waals surface area contributed by atoms with Gasteiger partial charge in [0, 0.05) is 0 Å². The number of amides is 1. The van der Waals surface area contributed by atoms with E-state index < -0.39 is 22.2 Å². The van der Waals surface area contributed by atoms with Gasteiger partial charge in [0.1, 0.15) is 17.3 Å². The highest BCUT2D eigenvalue weighted by molar-refractivity contribution is 7.89. The number of nitrogens with two attached hydrogens (primary N) is 1. The summed E-state index contributed by atoms with van der Waals surface area (Å²) in [5.41, 5.74) is 1.43. The molecule has 1 amide bonds. The highest BCUT2D eigenvalue weighted by Crippen LogP contribution is 2.28. The third-order valence-electron chi connectivity index (χ3n) is 2.85. The molecule has 8 heteroatoms. The number of cyclic esters (lactones) is 1. The predicted octanol–water partition coefficient (Wildman–Crippen LogP) is 0.438. The van der Waals surface area contributed by atoms with E-state index in [1.54, 1.807) is 19.9 Å². The van der Waals surface area contributed by atoms with Crippen molar-refractivity contribution in [3.05, 3.63) is 23.3 Å². The van der Waals surface area contributed by atoms with Crippen LogP contribution in [0.2, 0.25) is 0 Å². The number of alkyl carbamates (subject to hydrolysis) is 1. The zero-order valence-corrected chi connectivity index (χ0v) is 12.0. The fourth-order valence-corrected chi connectivity index (χ4v) is 2.84. The number of benzene rings is 1. The Morgan fingerprint density at radius 3 is 2.70 bits per heavy atom. The minimum absolute atomic E-state index is 0.0607. The van der Waals surface area contributed by atoms with E-state index in [9.17, 15) is 13.2 Å². The van der Waals surface area contributed by atoms with Crippen molar-refractivity contribution in [1.82, 2.24) is 5.32 Å². The lowest BCUT2D eigenvalue weighted by Crippen LogP contribution is -2.23. The summed E-state index contributed by atoms with van der Waals surface area (Å²) < 4.78 is 33.6. The third-order valence-corrected chi connectivity index (χ3v) is 3.77. The quantitative estimate of drug-likeness (QED) is 0.838. The number of rotatable bonds is 4. The first-order valence-corrected chi connectivity index (χ1v) is 7.53. The van der Waals surface area contributed by atoms with E-state index in [1.807, 2.05) is 0 Å². The van der Waals surface area contributed by atoms with Gasteiger partial charge in [-0.05, 0) is 31.0 Å². The summed E-state index contributed by atoms with van der Waals surface area (Å²) in [6, 6.07) is 3.25. The molecule has 1 aliphatic heterocycles. The summed E-state index contributed by atoms with van der Waals surface area (Å²) >= 11 is 0. The Kier molecular flexibility index (Phi) is 3.87. The molecule has 0 aliphatic carbocycles. The van der Waals surface area contributed by atoms with Crippen LogP contribution < -0.4 is 15.2 Å². The number of hydrogen-bond acceptors (Lipinski definition) is 5. The number of sulfonamides is 1. The Bertz CT molecular complexity index is 641. The number of aryl methyl sites for hydroxylation is 2. The number of primary sulfonamides is 1. The second-order valence-electron chi connectivity index (χ2n) is 4.67. The molecule has 110 valence electrons. The van der Waals surface area contributed by atoms with E-state index in [0.29, 0.717) is 12.1 Å². The van der Waals surface area contributed by atoms with Gasteiger partial charge in [-0.25, -0.2) is 18.4 Å². The van der Waals surface area contributed by atoms with Gasteiger partial charge in [0.25, 0.3) is 0 Å². The maximum Gasteiger partial charge on any atom is 0.407 e. The second kappa shape index (κ2) is 5.29. The van der Waals surface area contributed by atoms with Gasteiger partial charge in [-0.15, -0.1) is 0 Å².